The van der Waals surface area contributed by atoms with E-state index in [1.807, 2.05) is 37.3 Å². The number of rotatable bonds is 0. The van der Waals surface area contributed by atoms with Crippen LogP contribution in [0.15, 0.2) is 30.3 Å². The summed E-state index contributed by atoms with van der Waals surface area (Å²) in [5.41, 5.74) is 2.16. The fourth-order valence-corrected chi connectivity index (χ4v) is 2.02. The summed E-state index contributed by atoms with van der Waals surface area (Å²) in [5.74, 6) is 0.103. The van der Waals surface area contributed by atoms with E-state index >= 15 is 0 Å². The largest absolute Gasteiger partial charge is 0.293 e. The summed E-state index contributed by atoms with van der Waals surface area (Å²) >= 11 is 3.46. The molecule has 0 radical (unpaired) electrons. The number of carbonyl (C=O) groups excluding carboxylic acids is 1. The lowest BCUT2D eigenvalue weighted by atomic mass is 9.87. The second kappa shape index (κ2) is 2.81. The van der Waals surface area contributed by atoms with Gasteiger partial charge in [-0.25, -0.2) is 0 Å². The van der Waals surface area contributed by atoms with Gasteiger partial charge in [-0.1, -0.05) is 46.3 Å². The summed E-state index contributed by atoms with van der Waals surface area (Å²) < 4.78 is -0.543. The highest BCUT2D eigenvalue weighted by Crippen LogP contribution is 2.37. The smallest absolute Gasteiger partial charge is 0.176 e. The molecular weight excluding hydrogens is 228 g/mol. The van der Waals surface area contributed by atoms with E-state index in [1.54, 1.807) is 6.08 Å². The van der Waals surface area contributed by atoms with Gasteiger partial charge in [-0.2, -0.15) is 0 Å². The van der Waals surface area contributed by atoms with Crippen LogP contribution >= 0.6 is 15.9 Å². The molecule has 0 heterocycles. The van der Waals surface area contributed by atoms with Crippen LogP contribution in [-0.2, 0) is 9.12 Å². The van der Waals surface area contributed by atoms with Gasteiger partial charge < -0.3 is 0 Å². The molecule has 0 saturated heterocycles. The van der Waals surface area contributed by atoms with Crippen molar-refractivity contribution in [1.29, 1.82) is 0 Å². The Balaban J connectivity index is 2.68. The number of hydrogen-bond acceptors (Lipinski definition) is 1. The summed E-state index contributed by atoms with van der Waals surface area (Å²) in [5, 5.41) is 0. The lowest BCUT2D eigenvalue weighted by Crippen LogP contribution is -2.27. The Hall–Kier alpha value is -0.890. The number of allylic oxidation sites excluding steroid dienone is 1. The van der Waals surface area contributed by atoms with Crippen molar-refractivity contribution in [3.63, 3.8) is 0 Å². The molecule has 1 unspecified atom stereocenters. The van der Waals surface area contributed by atoms with Gasteiger partial charge in [0.25, 0.3) is 0 Å². The average molecular weight is 237 g/mol. The predicted octanol–water partition coefficient (Wildman–Crippen LogP) is 2.89. The maximum Gasteiger partial charge on any atom is 0.176 e. The van der Waals surface area contributed by atoms with E-state index in [0.717, 1.165) is 11.1 Å². The van der Waals surface area contributed by atoms with Crippen LogP contribution in [-0.4, -0.2) is 5.78 Å². The highest BCUT2D eigenvalue weighted by Gasteiger charge is 2.33. The summed E-state index contributed by atoms with van der Waals surface area (Å²) in [6.45, 7) is 1.89. The number of benzene rings is 1. The summed E-state index contributed by atoms with van der Waals surface area (Å²) in [6.07, 6.45) is 3.48. The van der Waals surface area contributed by atoms with Gasteiger partial charge in [0.05, 0.1) is 0 Å². The van der Waals surface area contributed by atoms with Crippen molar-refractivity contribution >= 4 is 27.8 Å². The van der Waals surface area contributed by atoms with Gasteiger partial charge in [0.2, 0.25) is 0 Å². The normalized spacial score (nSPS) is 25.8. The number of ketones is 1. The molecule has 1 atom stereocenters. The lowest BCUT2D eigenvalue weighted by Gasteiger charge is -2.25. The van der Waals surface area contributed by atoms with Crippen LogP contribution < -0.4 is 0 Å². The van der Waals surface area contributed by atoms with Crippen LogP contribution in [0.25, 0.3) is 6.08 Å². The van der Waals surface area contributed by atoms with E-state index in [1.165, 1.54) is 0 Å². The number of alkyl halides is 1. The van der Waals surface area contributed by atoms with E-state index in [-0.39, 0.29) is 5.78 Å². The van der Waals surface area contributed by atoms with Crippen LogP contribution in [0.3, 0.4) is 0 Å². The molecule has 66 valence electrons. The zero-order valence-corrected chi connectivity index (χ0v) is 8.84. The molecule has 0 N–H and O–H groups in total. The molecule has 13 heavy (non-hydrogen) atoms. The first kappa shape index (κ1) is 8.70. The first-order valence-corrected chi connectivity index (χ1v) is 4.92. The van der Waals surface area contributed by atoms with Gasteiger partial charge in [-0.3, -0.25) is 4.79 Å². The topological polar surface area (TPSA) is 17.1 Å². The molecule has 0 fully saturated rings. The lowest BCUT2D eigenvalue weighted by molar-refractivity contribution is -0.116. The third kappa shape index (κ3) is 1.25. The minimum atomic E-state index is -0.543. The van der Waals surface area contributed by atoms with Crippen molar-refractivity contribution < 1.29 is 4.79 Å². The zero-order chi connectivity index (χ0) is 9.47. The van der Waals surface area contributed by atoms with Crippen LogP contribution in [0, 0.1) is 0 Å². The van der Waals surface area contributed by atoms with E-state index < -0.39 is 4.32 Å². The third-order valence-electron chi connectivity index (χ3n) is 2.34. The Morgan fingerprint density at radius 3 is 2.69 bits per heavy atom. The Labute approximate surface area is 85.6 Å². The van der Waals surface area contributed by atoms with Gasteiger partial charge in [-0.05, 0) is 24.1 Å². The fraction of sp³-hybridized carbons (Fsp3) is 0.182. The molecular formula is C11H9BrO. The van der Waals surface area contributed by atoms with Crippen molar-refractivity contribution in [2.45, 2.75) is 11.2 Å². The Bertz CT molecular complexity index is 391. The molecule has 1 nitrogen and oxygen atoms in total. The third-order valence-corrected chi connectivity index (χ3v) is 3.16. The van der Waals surface area contributed by atoms with Crippen molar-refractivity contribution in [2.75, 3.05) is 0 Å². The molecule has 0 aromatic heterocycles. The van der Waals surface area contributed by atoms with Crippen molar-refractivity contribution in [1.82, 2.24) is 0 Å². The van der Waals surface area contributed by atoms with Crippen molar-refractivity contribution in [3.05, 3.63) is 41.5 Å². The van der Waals surface area contributed by atoms with Crippen LogP contribution in [0.4, 0.5) is 0 Å². The predicted molar refractivity (Wildman–Crippen MR) is 56.8 cm³/mol. The van der Waals surface area contributed by atoms with Crippen LogP contribution in [0.1, 0.15) is 18.1 Å². The number of hydrogen-bond donors (Lipinski definition) is 0. The number of halogens is 1. The molecule has 1 aromatic rings. The molecule has 0 amide bonds. The fourth-order valence-electron chi connectivity index (χ4n) is 1.52. The van der Waals surface area contributed by atoms with Gasteiger partial charge in [0.15, 0.2) is 5.78 Å². The Morgan fingerprint density at radius 1 is 1.23 bits per heavy atom. The molecule has 2 rings (SSSR count). The van der Waals surface area contributed by atoms with E-state index in [2.05, 4.69) is 15.9 Å². The molecule has 0 spiro atoms. The molecule has 0 aliphatic heterocycles. The Kier molecular flexibility index (Phi) is 1.88. The molecule has 1 aliphatic carbocycles. The zero-order valence-electron chi connectivity index (χ0n) is 7.25. The van der Waals surface area contributed by atoms with Gasteiger partial charge in [0, 0.05) is 0 Å². The maximum absolute atomic E-state index is 11.5. The number of carbonyl (C=O) groups is 1. The molecule has 1 aromatic carbocycles. The van der Waals surface area contributed by atoms with Crippen molar-refractivity contribution in [2.24, 2.45) is 0 Å². The molecule has 0 saturated carbocycles. The monoisotopic (exact) mass is 236 g/mol. The van der Waals surface area contributed by atoms with E-state index in [4.69, 9.17) is 0 Å². The first-order chi connectivity index (χ1) is 6.12. The minimum absolute atomic E-state index is 0.103. The first-order valence-electron chi connectivity index (χ1n) is 4.13. The van der Waals surface area contributed by atoms with E-state index in [9.17, 15) is 4.79 Å². The SMILES string of the molecule is CC1(Br)C(=O)C=Cc2ccccc21. The molecule has 0 bridgehead atoms. The summed E-state index contributed by atoms with van der Waals surface area (Å²) in [6, 6.07) is 7.91. The van der Waals surface area contributed by atoms with E-state index in [0.29, 0.717) is 0 Å². The van der Waals surface area contributed by atoms with Gasteiger partial charge >= 0.3 is 0 Å². The quantitative estimate of drug-likeness (QED) is 0.634. The van der Waals surface area contributed by atoms with Crippen molar-refractivity contribution in [3.8, 4) is 0 Å². The second-order valence-electron chi connectivity index (χ2n) is 3.29. The highest BCUT2D eigenvalue weighted by molar-refractivity contribution is 9.10. The molecule has 2 heteroatoms. The van der Waals surface area contributed by atoms with Crippen LogP contribution in [0.2, 0.25) is 0 Å². The number of fused-ring (bicyclic) bond motifs is 1. The van der Waals surface area contributed by atoms with Gasteiger partial charge in [-0.15, -0.1) is 0 Å². The minimum Gasteiger partial charge on any atom is -0.293 e. The standard InChI is InChI=1S/C11H9BrO/c1-11(12)9-5-3-2-4-8(9)6-7-10(11)13/h2-7H,1H3. The summed E-state index contributed by atoms with van der Waals surface area (Å²) in [4.78, 5) is 11.5. The Morgan fingerprint density at radius 2 is 1.92 bits per heavy atom. The molecule has 1 aliphatic rings. The maximum atomic E-state index is 11.5. The second-order valence-corrected chi connectivity index (χ2v) is 4.87. The van der Waals surface area contributed by atoms with Crippen LogP contribution in [0.5, 0.6) is 0 Å². The van der Waals surface area contributed by atoms with Gasteiger partial charge in [0.1, 0.15) is 4.32 Å². The average Bonchev–Trinajstić information content (AvgIpc) is 2.13. The summed E-state index contributed by atoms with van der Waals surface area (Å²) in [7, 11) is 0. The highest BCUT2D eigenvalue weighted by atomic mass is 79.9.